The van der Waals surface area contributed by atoms with Crippen molar-refractivity contribution in [3.63, 3.8) is 0 Å². The zero-order valence-electron chi connectivity index (χ0n) is 9.66. The van der Waals surface area contributed by atoms with E-state index in [4.69, 9.17) is 11.6 Å². The summed E-state index contributed by atoms with van der Waals surface area (Å²) in [4.78, 5) is 4.50. The van der Waals surface area contributed by atoms with Gasteiger partial charge in [-0.15, -0.1) is 11.6 Å². The van der Waals surface area contributed by atoms with Crippen LogP contribution in [0.5, 0.6) is 0 Å². The molecule has 2 aromatic heterocycles. The van der Waals surface area contributed by atoms with Crippen molar-refractivity contribution in [1.29, 1.82) is 0 Å². The molecule has 0 aliphatic carbocycles. The van der Waals surface area contributed by atoms with E-state index in [1.165, 1.54) is 0 Å². The van der Waals surface area contributed by atoms with Crippen molar-refractivity contribution in [3.05, 3.63) is 40.8 Å². The van der Waals surface area contributed by atoms with Crippen LogP contribution in [0.1, 0.15) is 22.5 Å². The van der Waals surface area contributed by atoms with Crippen LogP contribution in [-0.4, -0.2) is 14.8 Å². The molecule has 2 rings (SSSR count). The molecule has 0 amide bonds. The van der Waals surface area contributed by atoms with E-state index in [0.29, 0.717) is 5.88 Å². The van der Waals surface area contributed by atoms with Gasteiger partial charge in [-0.2, -0.15) is 5.10 Å². The maximum Gasteiger partial charge on any atom is 0.158 e. The predicted octanol–water partition coefficient (Wildman–Crippen LogP) is 2.93. The van der Waals surface area contributed by atoms with Crippen molar-refractivity contribution in [2.24, 2.45) is 0 Å². The molecular weight excluding hydrogens is 222 g/mol. The summed E-state index contributed by atoms with van der Waals surface area (Å²) in [5.41, 5.74) is 4.15. The Morgan fingerprint density at radius 3 is 2.56 bits per heavy atom. The minimum absolute atomic E-state index is 0.452. The van der Waals surface area contributed by atoms with Crippen LogP contribution < -0.4 is 0 Å². The number of hydrogen-bond donors (Lipinski definition) is 0. The molecule has 3 nitrogen and oxygen atoms in total. The molecule has 84 valence electrons. The molecule has 0 atom stereocenters. The lowest BCUT2D eigenvalue weighted by molar-refractivity contribution is 0.814. The summed E-state index contributed by atoms with van der Waals surface area (Å²) in [6, 6.07) is 3.99. The number of pyridine rings is 1. The van der Waals surface area contributed by atoms with Gasteiger partial charge in [0, 0.05) is 17.5 Å². The van der Waals surface area contributed by atoms with Gasteiger partial charge in [-0.25, -0.2) is 9.67 Å². The zero-order valence-corrected chi connectivity index (χ0v) is 10.4. The van der Waals surface area contributed by atoms with Gasteiger partial charge < -0.3 is 0 Å². The Balaban J connectivity index is 2.63. The lowest BCUT2D eigenvalue weighted by Gasteiger charge is -2.10. The summed E-state index contributed by atoms with van der Waals surface area (Å²) < 4.78 is 1.78. The van der Waals surface area contributed by atoms with Gasteiger partial charge in [-0.05, 0) is 38.5 Å². The van der Waals surface area contributed by atoms with Crippen molar-refractivity contribution in [3.8, 4) is 5.82 Å². The highest BCUT2D eigenvalue weighted by atomic mass is 35.5. The third-order valence-electron chi connectivity index (χ3n) is 2.53. The fraction of sp³-hybridized carbons (Fsp3) is 0.333. The highest BCUT2D eigenvalue weighted by Crippen LogP contribution is 2.19. The largest absolute Gasteiger partial charge is 0.234 e. The van der Waals surface area contributed by atoms with Crippen LogP contribution in [0.15, 0.2) is 18.3 Å². The molecule has 2 aromatic rings. The van der Waals surface area contributed by atoms with E-state index >= 15 is 0 Å². The van der Waals surface area contributed by atoms with E-state index in [1.54, 1.807) is 4.68 Å². The smallest absolute Gasteiger partial charge is 0.158 e. The molecule has 0 saturated carbocycles. The zero-order chi connectivity index (χ0) is 11.7. The highest BCUT2D eigenvalue weighted by Gasteiger charge is 2.10. The van der Waals surface area contributed by atoms with Gasteiger partial charge in [0.1, 0.15) is 0 Å². The molecule has 16 heavy (non-hydrogen) atoms. The molecule has 0 aromatic carbocycles. The minimum Gasteiger partial charge on any atom is -0.234 e. The first-order chi connectivity index (χ1) is 7.61. The molecule has 0 N–H and O–H groups in total. The van der Waals surface area contributed by atoms with E-state index < -0.39 is 0 Å². The van der Waals surface area contributed by atoms with Gasteiger partial charge in [0.25, 0.3) is 0 Å². The summed E-state index contributed by atoms with van der Waals surface area (Å²) in [5, 5.41) is 4.37. The van der Waals surface area contributed by atoms with E-state index in [1.807, 2.05) is 39.1 Å². The van der Waals surface area contributed by atoms with E-state index in [0.717, 1.165) is 28.3 Å². The predicted molar refractivity (Wildman–Crippen MR) is 65.1 cm³/mol. The molecular formula is C12H14ClN3. The average Bonchev–Trinajstić information content (AvgIpc) is 2.63. The van der Waals surface area contributed by atoms with Crippen molar-refractivity contribution >= 4 is 11.6 Å². The molecule has 0 aliphatic rings. The summed E-state index contributed by atoms with van der Waals surface area (Å²) in [6.45, 7) is 5.98. The molecule has 2 heterocycles. The first-order valence-electron chi connectivity index (χ1n) is 5.17. The van der Waals surface area contributed by atoms with Crippen molar-refractivity contribution in [2.45, 2.75) is 26.7 Å². The Labute approximate surface area is 100 Å². The second-order valence-electron chi connectivity index (χ2n) is 3.92. The number of rotatable bonds is 2. The third-order valence-corrected chi connectivity index (χ3v) is 2.79. The van der Waals surface area contributed by atoms with Crippen LogP contribution in [0, 0.1) is 20.8 Å². The molecule has 0 spiro atoms. The molecule has 0 fully saturated rings. The number of hydrogen-bond acceptors (Lipinski definition) is 2. The van der Waals surface area contributed by atoms with Crippen molar-refractivity contribution < 1.29 is 0 Å². The third kappa shape index (κ3) is 1.95. The molecule has 4 heteroatoms. The van der Waals surface area contributed by atoms with E-state index in [9.17, 15) is 0 Å². The minimum atomic E-state index is 0.452. The Morgan fingerprint density at radius 2 is 2.00 bits per heavy atom. The van der Waals surface area contributed by atoms with Crippen molar-refractivity contribution in [2.75, 3.05) is 0 Å². The standard InChI is InChI=1S/C12H14ClN3/c1-8-6-10(3)14-12(11(8)7-13)16-5-4-9(2)15-16/h4-6H,7H2,1-3H3. The molecule has 0 aliphatic heterocycles. The molecule has 0 saturated heterocycles. The van der Waals surface area contributed by atoms with Crippen LogP contribution in [0.25, 0.3) is 5.82 Å². The maximum absolute atomic E-state index is 5.97. The fourth-order valence-electron chi connectivity index (χ4n) is 1.73. The normalized spacial score (nSPS) is 10.8. The van der Waals surface area contributed by atoms with Crippen molar-refractivity contribution in [1.82, 2.24) is 14.8 Å². The fourth-order valence-corrected chi connectivity index (χ4v) is 2.06. The monoisotopic (exact) mass is 235 g/mol. The first-order valence-corrected chi connectivity index (χ1v) is 5.71. The van der Waals surface area contributed by atoms with Gasteiger partial charge in [0.15, 0.2) is 5.82 Å². The second kappa shape index (κ2) is 4.26. The number of halogens is 1. The van der Waals surface area contributed by atoms with Crippen LogP contribution in [0.3, 0.4) is 0 Å². The van der Waals surface area contributed by atoms with E-state index in [-0.39, 0.29) is 0 Å². The number of nitrogens with zero attached hydrogens (tertiary/aromatic N) is 3. The number of alkyl halides is 1. The topological polar surface area (TPSA) is 30.7 Å². The average molecular weight is 236 g/mol. The van der Waals surface area contributed by atoms with Gasteiger partial charge in [-0.1, -0.05) is 0 Å². The van der Waals surface area contributed by atoms with Gasteiger partial charge in [0.2, 0.25) is 0 Å². The maximum atomic E-state index is 5.97. The molecule has 0 bridgehead atoms. The van der Waals surface area contributed by atoms with Gasteiger partial charge >= 0.3 is 0 Å². The van der Waals surface area contributed by atoms with Gasteiger partial charge in [-0.3, -0.25) is 0 Å². The van der Waals surface area contributed by atoms with Crippen LogP contribution in [0.2, 0.25) is 0 Å². The summed E-state index contributed by atoms with van der Waals surface area (Å²) in [5.74, 6) is 1.29. The first kappa shape index (κ1) is 11.1. The van der Waals surface area contributed by atoms with E-state index in [2.05, 4.69) is 10.1 Å². The second-order valence-corrected chi connectivity index (χ2v) is 4.19. The van der Waals surface area contributed by atoms with Crippen LogP contribution in [0.4, 0.5) is 0 Å². The Kier molecular flexibility index (Phi) is 2.97. The Bertz CT molecular complexity index is 517. The number of aryl methyl sites for hydroxylation is 3. The lowest BCUT2D eigenvalue weighted by atomic mass is 10.1. The van der Waals surface area contributed by atoms with Crippen LogP contribution >= 0.6 is 11.6 Å². The molecule has 0 radical (unpaired) electrons. The Hall–Kier alpha value is -1.35. The highest BCUT2D eigenvalue weighted by molar-refractivity contribution is 6.17. The Morgan fingerprint density at radius 1 is 1.25 bits per heavy atom. The van der Waals surface area contributed by atoms with Gasteiger partial charge in [0.05, 0.1) is 11.6 Å². The molecule has 0 unspecified atom stereocenters. The SMILES string of the molecule is Cc1cc(C)c(CCl)c(-n2ccc(C)n2)n1. The quantitative estimate of drug-likeness (QED) is 0.750. The lowest BCUT2D eigenvalue weighted by Crippen LogP contribution is -2.06. The summed E-state index contributed by atoms with van der Waals surface area (Å²) in [6.07, 6.45) is 1.91. The summed E-state index contributed by atoms with van der Waals surface area (Å²) in [7, 11) is 0. The van der Waals surface area contributed by atoms with Crippen LogP contribution in [-0.2, 0) is 5.88 Å². The summed E-state index contributed by atoms with van der Waals surface area (Å²) >= 11 is 5.97. The number of aromatic nitrogens is 3.